The molecule has 1 atom stereocenters. The van der Waals surface area contributed by atoms with Gasteiger partial charge in [0.1, 0.15) is 11.9 Å². The number of rotatable bonds is 4. The molecule has 180 valence electrons. The molecule has 4 heterocycles. The highest BCUT2D eigenvalue weighted by atomic mass is 19.1. The number of nitrogens with one attached hydrogen (secondary N) is 1. The van der Waals surface area contributed by atoms with E-state index in [1.165, 1.54) is 18.9 Å². The number of nitriles is 1. The van der Waals surface area contributed by atoms with Crippen molar-refractivity contribution in [3.8, 4) is 28.5 Å². The Hall–Kier alpha value is -4.02. The lowest BCUT2D eigenvalue weighted by atomic mass is 9.95. The maximum Gasteiger partial charge on any atom is 0.141 e. The number of hydrogen-bond acceptors (Lipinski definition) is 4. The molecule has 0 bridgehead atoms. The van der Waals surface area contributed by atoms with E-state index >= 15 is 0 Å². The highest BCUT2D eigenvalue weighted by Crippen LogP contribution is 2.38. The van der Waals surface area contributed by atoms with Crippen molar-refractivity contribution in [2.75, 3.05) is 13.1 Å². The van der Waals surface area contributed by atoms with Gasteiger partial charge in [-0.3, -0.25) is 9.67 Å². The number of aromatic nitrogens is 4. The molecule has 1 saturated heterocycles. The molecule has 2 aromatic carbocycles. The summed E-state index contributed by atoms with van der Waals surface area (Å²) in [5, 5.41) is 19.2. The molecule has 5 aromatic rings. The molecule has 0 radical (unpaired) electrons. The Bertz CT molecular complexity index is 1610. The van der Waals surface area contributed by atoms with Crippen LogP contribution in [0.25, 0.3) is 44.2 Å². The lowest BCUT2D eigenvalue weighted by molar-refractivity contribution is 0.410. The second-order valence-electron chi connectivity index (χ2n) is 9.64. The van der Waals surface area contributed by atoms with Crippen LogP contribution in [0.4, 0.5) is 4.39 Å². The zero-order chi connectivity index (χ0) is 24.6. The van der Waals surface area contributed by atoms with E-state index < -0.39 is 5.82 Å². The Labute approximate surface area is 209 Å². The van der Waals surface area contributed by atoms with Crippen LogP contribution < -0.4 is 5.32 Å². The maximum atomic E-state index is 14.8. The number of hydrogen-bond donors (Lipinski definition) is 1. The minimum Gasteiger partial charge on any atom is -0.346 e. The molecule has 3 aromatic heterocycles. The van der Waals surface area contributed by atoms with Gasteiger partial charge in [0, 0.05) is 41.7 Å². The first-order chi connectivity index (χ1) is 17.6. The fourth-order valence-electron chi connectivity index (χ4n) is 5.45. The van der Waals surface area contributed by atoms with Crippen LogP contribution in [0, 0.1) is 23.1 Å². The minimum atomic E-state index is -0.522. The van der Waals surface area contributed by atoms with Gasteiger partial charge in [-0.25, -0.2) is 4.39 Å². The normalized spacial score (nSPS) is 16.3. The number of aryl methyl sites for hydroxylation is 1. The van der Waals surface area contributed by atoms with Crippen LogP contribution >= 0.6 is 0 Å². The van der Waals surface area contributed by atoms with Gasteiger partial charge in [-0.05, 0) is 74.2 Å². The van der Waals surface area contributed by atoms with E-state index in [0.717, 1.165) is 64.7 Å². The largest absolute Gasteiger partial charge is 0.346 e. The van der Waals surface area contributed by atoms with Crippen LogP contribution in [0.3, 0.4) is 0 Å². The second-order valence-corrected chi connectivity index (χ2v) is 9.64. The maximum absolute atomic E-state index is 14.8. The fourth-order valence-corrected chi connectivity index (χ4v) is 5.45. The van der Waals surface area contributed by atoms with Gasteiger partial charge in [0.05, 0.1) is 34.7 Å². The zero-order valence-electron chi connectivity index (χ0n) is 20.2. The van der Waals surface area contributed by atoms with Gasteiger partial charge >= 0.3 is 0 Å². The first-order valence-corrected chi connectivity index (χ1v) is 12.4. The Morgan fingerprint density at radius 2 is 1.94 bits per heavy atom. The van der Waals surface area contributed by atoms with Crippen molar-refractivity contribution in [1.82, 2.24) is 24.6 Å². The summed E-state index contributed by atoms with van der Waals surface area (Å²) in [5.74, 6) is 0.0881. The molecule has 36 heavy (non-hydrogen) atoms. The molecule has 1 N–H and O–H groups in total. The Morgan fingerprint density at radius 3 is 2.81 bits per heavy atom. The number of halogens is 1. The summed E-state index contributed by atoms with van der Waals surface area (Å²) in [5.41, 5.74) is 5.43. The van der Waals surface area contributed by atoms with Crippen molar-refractivity contribution in [1.29, 1.82) is 5.26 Å². The summed E-state index contributed by atoms with van der Waals surface area (Å²) in [4.78, 5) is 4.94. The summed E-state index contributed by atoms with van der Waals surface area (Å²) < 4.78 is 18.9. The van der Waals surface area contributed by atoms with E-state index in [1.54, 1.807) is 6.07 Å². The third-order valence-electron chi connectivity index (χ3n) is 7.38. The molecule has 0 amide bonds. The fraction of sp³-hybridized carbons (Fsp3) is 0.276. The van der Waals surface area contributed by atoms with E-state index in [9.17, 15) is 9.65 Å². The topological polar surface area (TPSA) is 71.5 Å². The minimum absolute atomic E-state index is 0.0387. The first-order valence-electron chi connectivity index (χ1n) is 12.4. The summed E-state index contributed by atoms with van der Waals surface area (Å²) in [6.45, 7) is 3.08. The van der Waals surface area contributed by atoms with Gasteiger partial charge in [0.2, 0.25) is 0 Å². The van der Waals surface area contributed by atoms with Gasteiger partial charge in [0.15, 0.2) is 0 Å². The molecule has 1 unspecified atom stereocenters. The monoisotopic (exact) mass is 478 g/mol. The number of nitrogens with zero attached hydrogens (tertiary/aromatic N) is 5. The molecule has 7 heteroatoms. The first kappa shape index (κ1) is 22.4. The van der Waals surface area contributed by atoms with E-state index in [4.69, 9.17) is 4.98 Å². The SMILES string of the molecule is Cn1ncc2cc(-c3ncc4c(ccn4CC4CCCNCC4)c3-c3ccc(C#N)c(F)c3)ccc21. The molecule has 6 rings (SSSR count). The van der Waals surface area contributed by atoms with Crippen molar-refractivity contribution in [3.63, 3.8) is 0 Å². The van der Waals surface area contributed by atoms with Gasteiger partial charge in [-0.15, -0.1) is 0 Å². The van der Waals surface area contributed by atoms with Crippen molar-refractivity contribution in [2.24, 2.45) is 13.0 Å². The van der Waals surface area contributed by atoms with Crippen LogP contribution in [0.15, 0.2) is 61.1 Å². The van der Waals surface area contributed by atoms with Crippen molar-refractivity contribution < 1.29 is 4.39 Å². The average Bonchev–Trinajstić information content (AvgIpc) is 3.36. The molecular weight excluding hydrogens is 451 g/mol. The summed E-state index contributed by atoms with van der Waals surface area (Å²) in [7, 11) is 1.92. The quantitative estimate of drug-likeness (QED) is 0.362. The van der Waals surface area contributed by atoms with Crippen LogP contribution in [0.5, 0.6) is 0 Å². The molecule has 1 fully saturated rings. The highest BCUT2D eigenvalue weighted by molar-refractivity contribution is 6.02. The predicted molar refractivity (Wildman–Crippen MR) is 140 cm³/mol. The summed E-state index contributed by atoms with van der Waals surface area (Å²) in [6.07, 6.45) is 9.47. The van der Waals surface area contributed by atoms with Crippen LogP contribution in [-0.2, 0) is 13.6 Å². The second kappa shape index (κ2) is 9.21. The number of fused-ring (bicyclic) bond motifs is 2. The Morgan fingerprint density at radius 1 is 1.06 bits per heavy atom. The molecular formula is C29H27FN6. The lowest BCUT2D eigenvalue weighted by Gasteiger charge is -2.17. The van der Waals surface area contributed by atoms with Gasteiger partial charge < -0.3 is 9.88 Å². The molecule has 0 spiro atoms. The Balaban J connectivity index is 1.52. The Kier molecular flexibility index (Phi) is 5.74. The standard InChI is InChI=1S/C29H27FN6/c1-35-26-7-6-21(13-23(26)16-34-35)29-28(20-4-5-22(15-31)25(30)14-20)24-9-12-36(27(24)17-33-29)18-19-3-2-10-32-11-8-19/h4-7,9,12-14,16-17,19,32H,2-3,8,10-11,18H2,1H3. The van der Waals surface area contributed by atoms with E-state index in [0.29, 0.717) is 11.5 Å². The van der Waals surface area contributed by atoms with Crippen LogP contribution in [0.2, 0.25) is 0 Å². The lowest BCUT2D eigenvalue weighted by Crippen LogP contribution is -2.15. The number of pyridine rings is 1. The van der Waals surface area contributed by atoms with Crippen molar-refractivity contribution in [2.45, 2.75) is 25.8 Å². The predicted octanol–water partition coefficient (Wildman–Crippen LogP) is 5.66. The number of benzene rings is 2. The van der Waals surface area contributed by atoms with Crippen LogP contribution in [0.1, 0.15) is 24.8 Å². The zero-order valence-corrected chi connectivity index (χ0v) is 20.2. The van der Waals surface area contributed by atoms with E-state index in [1.807, 2.05) is 48.4 Å². The third-order valence-corrected chi connectivity index (χ3v) is 7.38. The van der Waals surface area contributed by atoms with Gasteiger partial charge in [-0.1, -0.05) is 12.1 Å². The molecule has 1 aliphatic rings. The molecule has 6 nitrogen and oxygen atoms in total. The average molecular weight is 479 g/mol. The van der Waals surface area contributed by atoms with Gasteiger partial charge in [0.25, 0.3) is 0 Å². The molecule has 1 aliphatic heterocycles. The molecule has 0 saturated carbocycles. The van der Waals surface area contributed by atoms with E-state index in [2.05, 4.69) is 33.3 Å². The highest BCUT2D eigenvalue weighted by Gasteiger charge is 2.19. The molecule has 0 aliphatic carbocycles. The van der Waals surface area contributed by atoms with Crippen molar-refractivity contribution >= 4 is 21.8 Å². The smallest absolute Gasteiger partial charge is 0.141 e. The van der Waals surface area contributed by atoms with Crippen LogP contribution in [-0.4, -0.2) is 32.4 Å². The van der Waals surface area contributed by atoms with Gasteiger partial charge in [-0.2, -0.15) is 10.4 Å². The summed E-state index contributed by atoms with van der Waals surface area (Å²) in [6, 6.07) is 15.0. The van der Waals surface area contributed by atoms with Crippen molar-refractivity contribution in [3.05, 3.63) is 72.4 Å². The third kappa shape index (κ3) is 3.94. The summed E-state index contributed by atoms with van der Waals surface area (Å²) >= 11 is 0. The van der Waals surface area contributed by atoms with E-state index in [-0.39, 0.29) is 5.56 Å².